The number of carbonyl (C=O) groups excluding carboxylic acids is 1. The fraction of sp³-hybridized carbons (Fsp3) is 0.800. The van der Waals surface area contributed by atoms with Gasteiger partial charge in [0.15, 0.2) is 0 Å². The Kier molecular flexibility index (Phi) is 41.4. The van der Waals surface area contributed by atoms with Gasteiger partial charge in [0.2, 0.25) is 0 Å². The van der Waals surface area contributed by atoms with Gasteiger partial charge >= 0.3 is 13.8 Å². The summed E-state index contributed by atoms with van der Waals surface area (Å²) in [6, 6.07) is 0. The number of rotatable bonds is 42. The lowest BCUT2D eigenvalue weighted by molar-refractivity contribution is -0.154. The highest BCUT2D eigenvalue weighted by Crippen LogP contribution is 2.43. The van der Waals surface area contributed by atoms with Gasteiger partial charge in [0, 0.05) is 19.6 Å². The van der Waals surface area contributed by atoms with E-state index in [1.165, 1.54) is 109 Å². The second-order valence-electron chi connectivity index (χ2n) is 14.6. The number of carbonyl (C=O) groups is 1. The Labute approximate surface area is 332 Å². The molecule has 0 aliphatic rings. The number of phosphoric ester groups is 1. The van der Waals surface area contributed by atoms with Crippen molar-refractivity contribution in [2.75, 3.05) is 33.0 Å². The minimum absolute atomic E-state index is 0.0955. The van der Waals surface area contributed by atoms with Crippen molar-refractivity contribution in [2.45, 2.75) is 200 Å². The SMILES string of the molecule is CCCCCC/C=C\C/C=C\CCCCCCCCCCOCC(COP(=O)(O)OCCN)OC(=O)CCCCCCC/C=C\C/C=C\CCCCCC. The lowest BCUT2D eigenvalue weighted by Crippen LogP contribution is -2.28. The summed E-state index contributed by atoms with van der Waals surface area (Å²) < 4.78 is 33.4. The van der Waals surface area contributed by atoms with Crippen LogP contribution < -0.4 is 5.73 Å². The molecule has 0 aromatic rings. The van der Waals surface area contributed by atoms with E-state index in [0.29, 0.717) is 13.0 Å². The molecule has 8 nitrogen and oxygen atoms in total. The number of allylic oxidation sites excluding steroid dienone is 8. The van der Waals surface area contributed by atoms with Gasteiger partial charge in [0.25, 0.3) is 0 Å². The lowest BCUT2D eigenvalue weighted by Gasteiger charge is -2.20. The molecule has 3 N–H and O–H groups in total. The first kappa shape index (κ1) is 52.5. The number of esters is 1. The van der Waals surface area contributed by atoms with Gasteiger partial charge in [-0.05, 0) is 77.0 Å². The maximum Gasteiger partial charge on any atom is 0.472 e. The van der Waals surface area contributed by atoms with Crippen LogP contribution in [-0.4, -0.2) is 49.9 Å². The first-order valence-electron chi connectivity index (χ1n) is 22.1. The molecule has 54 heavy (non-hydrogen) atoms. The molecular weight excluding hydrogens is 697 g/mol. The Balaban J connectivity index is 4.06. The van der Waals surface area contributed by atoms with Gasteiger partial charge < -0.3 is 20.1 Å². The highest BCUT2D eigenvalue weighted by Gasteiger charge is 2.25. The standard InChI is InChI=1S/C45H84NO7P/c1-3-5-7-9-11-13-15-17-19-21-22-23-25-27-29-31-33-35-37-40-50-42-44(43-52-54(48,49)51-41-39-46)53-45(47)38-36-34-32-30-28-26-24-20-18-16-14-12-10-8-6-4-2/h13-16,19-21,24,44H,3-12,17-18,22-23,25-43,46H2,1-2H3,(H,48,49)/b15-13-,16-14-,21-19-,24-20-. The van der Waals surface area contributed by atoms with Crippen molar-refractivity contribution in [1.82, 2.24) is 0 Å². The molecule has 0 fully saturated rings. The van der Waals surface area contributed by atoms with Crippen molar-refractivity contribution in [2.24, 2.45) is 5.73 Å². The summed E-state index contributed by atoms with van der Waals surface area (Å²) in [5.74, 6) is -0.346. The van der Waals surface area contributed by atoms with E-state index in [1.54, 1.807) is 0 Å². The van der Waals surface area contributed by atoms with Crippen LogP contribution in [0.3, 0.4) is 0 Å². The summed E-state index contributed by atoms with van der Waals surface area (Å²) in [5, 5.41) is 0. The van der Waals surface area contributed by atoms with Gasteiger partial charge in [-0.1, -0.05) is 159 Å². The summed E-state index contributed by atoms with van der Waals surface area (Å²) >= 11 is 0. The van der Waals surface area contributed by atoms with E-state index in [0.717, 1.165) is 64.2 Å². The van der Waals surface area contributed by atoms with E-state index in [1.807, 2.05) is 0 Å². The number of nitrogens with two attached hydrogens (primary N) is 1. The average Bonchev–Trinajstić information content (AvgIpc) is 3.16. The molecular formula is C45H84NO7P. The number of ether oxygens (including phenoxy) is 2. The van der Waals surface area contributed by atoms with Gasteiger partial charge in [-0.2, -0.15) is 0 Å². The van der Waals surface area contributed by atoms with E-state index in [-0.39, 0.29) is 32.3 Å². The highest BCUT2D eigenvalue weighted by molar-refractivity contribution is 7.47. The maximum absolute atomic E-state index is 12.6. The van der Waals surface area contributed by atoms with Gasteiger partial charge in [-0.15, -0.1) is 0 Å². The zero-order chi connectivity index (χ0) is 39.5. The van der Waals surface area contributed by atoms with Gasteiger partial charge in [0.1, 0.15) is 6.10 Å². The van der Waals surface area contributed by atoms with Crippen LogP contribution in [0.5, 0.6) is 0 Å². The van der Waals surface area contributed by atoms with Crippen LogP contribution in [0.25, 0.3) is 0 Å². The number of phosphoric acid groups is 1. The molecule has 0 heterocycles. The van der Waals surface area contributed by atoms with Crippen LogP contribution in [0.15, 0.2) is 48.6 Å². The average molecular weight is 782 g/mol. The monoisotopic (exact) mass is 782 g/mol. The molecule has 0 radical (unpaired) electrons. The van der Waals surface area contributed by atoms with Crippen molar-refractivity contribution in [3.05, 3.63) is 48.6 Å². The van der Waals surface area contributed by atoms with Crippen molar-refractivity contribution in [3.63, 3.8) is 0 Å². The Morgan fingerprint density at radius 2 is 0.981 bits per heavy atom. The number of unbranched alkanes of at least 4 members (excludes halogenated alkanes) is 21. The first-order chi connectivity index (χ1) is 26.4. The highest BCUT2D eigenvalue weighted by atomic mass is 31.2. The van der Waals surface area contributed by atoms with E-state index >= 15 is 0 Å². The molecule has 0 saturated carbocycles. The second kappa shape index (κ2) is 42.6. The summed E-state index contributed by atoms with van der Waals surface area (Å²) in [6.45, 7) is 4.86. The predicted molar refractivity (Wildman–Crippen MR) is 229 cm³/mol. The van der Waals surface area contributed by atoms with E-state index < -0.39 is 13.9 Å². The molecule has 0 aliphatic heterocycles. The maximum atomic E-state index is 12.6. The minimum atomic E-state index is -4.28. The quantitative estimate of drug-likeness (QED) is 0.0272. The zero-order valence-electron chi connectivity index (χ0n) is 35.0. The third kappa shape index (κ3) is 41.6. The number of hydrogen-bond donors (Lipinski definition) is 2. The van der Waals surface area contributed by atoms with Gasteiger partial charge in [0.05, 0.1) is 19.8 Å². The fourth-order valence-corrected chi connectivity index (χ4v) is 6.70. The molecule has 0 aromatic heterocycles. The Hall–Kier alpha value is -1.54. The van der Waals surface area contributed by atoms with Crippen LogP contribution in [0.1, 0.15) is 194 Å². The lowest BCUT2D eigenvalue weighted by atomic mass is 10.1. The smallest absolute Gasteiger partial charge is 0.457 e. The van der Waals surface area contributed by atoms with Crippen LogP contribution >= 0.6 is 7.82 Å². The Morgan fingerprint density at radius 3 is 1.44 bits per heavy atom. The summed E-state index contributed by atoms with van der Waals surface area (Å²) in [4.78, 5) is 22.5. The molecule has 2 atom stereocenters. The fourth-order valence-electron chi connectivity index (χ4n) is 5.94. The summed E-state index contributed by atoms with van der Waals surface area (Å²) in [6.07, 6.45) is 49.8. The molecule has 316 valence electrons. The minimum Gasteiger partial charge on any atom is -0.457 e. The van der Waals surface area contributed by atoms with E-state index in [4.69, 9.17) is 24.3 Å². The molecule has 0 rings (SSSR count). The number of hydrogen-bond acceptors (Lipinski definition) is 7. The molecule has 0 saturated heterocycles. The third-order valence-corrected chi connectivity index (χ3v) is 10.2. The molecule has 9 heteroatoms. The zero-order valence-corrected chi connectivity index (χ0v) is 35.8. The summed E-state index contributed by atoms with van der Waals surface area (Å²) in [7, 11) is -4.28. The molecule has 0 spiro atoms. The Morgan fingerprint density at radius 1 is 0.556 bits per heavy atom. The van der Waals surface area contributed by atoms with Crippen LogP contribution in [0, 0.1) is 0 Å². The summed E-state index contributed by atoms with van der Waals surface area (Å²) in [5.41, 5.74) is 5.37. The molecule has 0 bridgehead atoms. The molecule has 0 aliphatic carbocycles. The topological polar surface area (TPSA) is 117 Å². The van der Waals surface area contributed by atoms with Gasteiger partial charge in [-0.3, -0.25) is 13.8 Å². The van der Waals surface area contributed by atoms with Crippen LogP contribution in [0.2, 0.25) is 0 Å². The molecule has 0 aromatic carbocycles. The van der Waals surface area contributed by atoms with Crippen molar-refractivity contribution < 1.29 is 32.8 Å². The second-order valence-corrected chi connectivity index (χ2v) is 16.0. The predicted octanol–water partition coefficient (Wildman–Crippen LogP) is 13.2. The van der Waals surface area contributed by atoms with Crippen LogP contribution in [0.4, 0.5) is 0 Å². The largest absolute Gasteiger partial charge is 0.472 e. The molecule has 0 amide bonds. The normalized spacial score (nSPS) is 13.9. The van der Waals surface area contributed by atoms with E-state index in [9.17, 15) is 14.3 Å². The van der Waals surface area contributed by atoms with Crippen molar-refractivity contribution in [3.8, 4) is 0 Å². The van der Waals surface area contributed by atoms with Crippen molar-refractivity contribution in [1.29, 1.82) is 0 Å². The van der Waals surface area contributed by atoms with Crippen molar-refractivity contribution >= 4 is 13.8 Å². The van der Waals surface area contributed by atoms with Gasteiger partial charge in [-0.25, -0.2) is 4.57 Å². The third-order valence-electron chi connectivity index (χ3n) is 9.22. The van der Waals surface area contributed by atoms with E-state index in [2.05, 4.69) is 62.5 Å². The first-order valence-corrected chi connectivity index (χ1v) is 23.6. The van der Waals surface area contributed by atoms with Crippen LogP contribution in [-0.2, 0) is 27.9 Å². The Bertz CT molecular complexity index is 968. The molecule has 2 unspecified atom stereocenters.